The second-order valence-electron chi connectivity index (χ2n) is 6.83. The zero-order valence-electron chi connectivity index (χ0n) is 15.9. The van der Waals surface area contributed by atoms with E-state index in [2.05, 4.69) is 24.0 Å². The molecule has 1 aliphatic heterocycles. The third-order valence-electron chi connectivity index (χ3n) is 4.80. The van der Waals surface area contributed by atoms with Gasteiger partial charge in [0.25, 0.3) is 0 Å². The van der Waals surface area contributed by atoms with Gasteiger partial charge in [-0.2, -0.15) is 0 Å². The fourth-order valence-corrected chi connectivity index (χ4v) is 3.48. The lowest BCUT2D eigenvalue weighted by molar-refractivity contribution is -0.133. The Hall–Kier alpha value is -2.56. The van der Waals surface area contributed by atoms with Crippen LogP contribution in [0.15, 0.2) is 66.4 Å². The van der Waals surface area contributed by atoms with Gasteiger partial charge in [0.2, 0.25) is 0 Å². The van der Waals surface area contributed by atoms with Gasteiger partial charge in [-0.25, -0.2) is 4.79 Å². The first-order valence-corrected chi connectivity index (χ1v) is 9.71. The van der Waals surface area contributed by atoms with Crippen LogP contribution >= 0.6 is 11.6 Å². The Kier molecular flexibility index (Phi) is 6.90. The molecule has 0 saturated heterocycles. The first-order chi connectivity index (χ1) is 13.5. The number of hydrogen-bond acceptors (Lipinski definition) is 3. The number of rotatable bonds is 7. The summed E-state index contributed by atoms with van der Waals surface area (Å²) in [4.78, 5) is 13.2. The maximum Gasteiger partial charge on any atom is 0.332 e. The summed E-state index contributed by atoms with van der Waals surface area (Å²) in [5.41, 5.74) is 4.69. The minimum absolute atomic E-state index is 0.460. The van der Waals surface area contributed by atoms with E-state index in [1.54, 1.807) is 12.3 Å². The molecule has 146 valence electrons. The van der Waals surface area contributed by atoms with Crippen LogP contribution in [0.4, 0.5) is 0 Å². The Bertz CT molecular complexity index is 904. The molecule has 0 fully saturated rings. The minimum atomic E-state index is -0.840. The van der Waals surface area contributed by atoms with Crippen LogP contribution in [0, 0.1) is 6.92 Å². The van der Waals surface area contributed by atoms with Crippen molar-refractivity contribution in [1.29, 1.82) is 0 Å². The molecule has 0 aromatic heterocycles. The summed E-state index contributed by atoms with van der Waals surface area (Å²) in [5, 5.41) is 9.83. The molecule has 2 aromatic rings. The van der Waals surface area contributed by atoms with Crippen LogP contribution in [-0.2, 0) is 9.53 Å². The van der Waals surface area contributed by atoms with Crippen LogP contribution in [0.2, 0.25) is 5.02 Å². The highest BCUT2D eigenvalue weighted by molar-refractivity contribution is 6.30. The van der Waals surface area contributed by atoms with Gasteiger partial charge in [0.1, 0.15) is 6.61 Å². The zero-order valence-corrected chi connectivity index (χ0v) is 16.7. The molecule has 5 heteroatoms. The van der Waals surface area contributed by atoms with Gasteiger partial charge in [-0.3, -0.25) is 4.90 Å². The van der Waals surface area contributed by atoms with Crippen molar-refractivity contribution >= 4 is 23.1 Å². The van der Waals surface area contributed by atoms with Gasteiger partial charge < -0.3 is 9.84 Å². The molecule has 0 radical (unpaired) electrons. The van der Waals surface area contributed by atoms with E-state index >= 15 is 0 Å². The summed E-state index contributed by atoms with van der Waals surface area (Å²) >= 11 is 6.19. The Morgan fingerprint density at radius 1 is 1.25 bits per heavy atom. The van der Waals surface area contributed by atoms with Gasteiger partial charge in [0.05, 0.1) is 6.26 Å². The molecule has 28 heavy (non-hydrogen) atoms. The molecule has 1 N–H and O–H groups in total. The average molecular weight is 398 g/mol. The number of aliphatic carboxylic acids is 1. The number of halogens is 1. The third-order valence-corrected chi connectivity index (χ3v) is 5.04. The van der Waals surface area contributed by atoms with Crippen molar-refractivity contribution in [2.24, 2.45) is 0 Å². The Morgan fingerprint density at radius 2 is 2.07 bits per heavy atom. The molecule has 1 heterocycles. The van der Waals surface area contributed by atoms with Gasteiger partial charge in [-0.05, 0) is 42.2 Å². The summed E-state index contributed by atoms with van der Waals surface area (Å²) in [6.07, 6.45) is 4.34. The maximum absolute atomic E-state index is 11.1. The largest absolute Gasteiger partial charge is 0.499 e. The Morgan fingerprint density at radius 3 is 2.82 bits per heavy atom. The molecule has 0 spiro atoms. The topological polar surface area (TPSA) is 49.8 Å². The number of ether oxygens (including phenoxy) is 1. The molecule has 0 atom stereocenters. The van der Waals surface area contributed by atoms with Crippen molar-refractivity contribution in [3.8, 4) is 0 Å². The summed E-state index contributed by atoms with van der Waals surface area (Å²) in [6.45, 7) is 4.55. The zero-order chi connectivity index (χ0) is 19.9. The van der Waals surface area contributed by atoms with E-state index in [0.29, 0.717) is 30.3 Å². The molecule has 0 unspecified atom stereocenters. The normalized spacial score (nSPS) is 15.2. The maximum atomic E-state index is 11.1. The van der Waals surface area contributed by atoms with Gasteiger partial charge in [0, 0.05) is 35.8 Å². The number of nitrogens with zero attached hydrogens (tertiary/aromatic N) is 1. The molecular weight excluding hydrogens is 374 g/mol. The van der Waals surface area contributed by atoms with E-state index in [1.807, 2.05) is 36.4 Å². The van der Waals surface area contributed by atoms with Crippen LogP contribution in [0.1, 0.15) is 23.1 Å². The first kappa shape index (κ1) is 20.2. The Balaban J connectivity index is 1.71. The predicted molar refractivity (Wildman–Crippen MR) is 112 cm³/mol. The average Bonchev–Trinajstić information content (AvgIpc) is 2.69. The van der Waals surface area contributed by atoms with E-state index < -0.39 is 5.97 Å². The second-order valence-corrected chi connectivity index (χ2v) is 7.26. The predicted octanol–water partition coefficient (Wildman–Crippen LogP) is 4.77. The van der Waals surface area contributed by atoms with Crippen LogP contribution in [-0.4, -0.2) is 42.2 Å². The van der Waals surface area contributed by atoms with Crippen molar-refractivity contribution in [2.45, 2.75) is 13.3 Å². The molecular formula is C23H24ClNO3. The minimum Gasteiger partial charge on any atom is -0.499 e. The van der Waals surface area contributed by atoms with Crippen molar-refractivity contribution in [1.82, 2.24) is 4.90 Å². The monoisotopic (exact) mass is 397 g/mol. The molecule has 2 aromatic carbocycles. The number of carboxylic acid groups (broad SMARTS) is 1. The number of benzene rings is 2. The lowest BCUT2D eigenvalue weighted by Crippen LogP contribution is -2.34. The molecule has 0 bridgehead atoms. The van der Waals surface area contributed by atoms with Gasteiger partial charge in [-0.1, -0.05) is 54.1 Å². The molecule has 0 saturated carbocycles. The van der Waals surface area contributed by atoms with Crippen LogP contribution in [0.5, 0.6) is 0 Å². The van der Waals surface area contributed by atoms with Crippen LogP contribution in [0.3, 0.4) is 0 Å². The SMILES string of the molecule is Cc1ccccc1/C(=C\OCCN1CCC=C(C(=O)O)C1)c1cccc(Cl)c1. The van der Waals surface area contributed by atoms with Crippen LogP contribution in [0.25, 0.3) is 5.57 Å². The summed E-state index contributed by atoms with van der Waals surface area (Å²) in [6, 6.07) is 15.9. The first-order valence-electron chi connectivity index (χ1n) is 9.33. The van der Waals surface area contributed by atoms with E-state index in [0.717, 1.165) is 35.2 Å². The number of aryl methyl sites for hydroxylation is 1. The third kappa shape index (κ3) is 5.24. The summed E-state index contributed by atoms with van der Waals surface area (Å²) in [7, 11) is 0. The molecule has 0 amide bonds. The number of hydrogen-bond donors (Lipinski definition) is 1. The van der Waals surface area contributed by atoms with Crippen molar-refractivity contribution < 1.29 is 14.6 Å². The van der Waals surface area contributed by atoms with Gasteiger partial charge in [0.15, 0.2) is 0 Å². The lowest BCUT2D eigenvalue weighted by atomic mass is 9.95. The quantitative estimate of drug-likeness (QED) is 0.540. The van der Waals surface area contributed by atoms with Gasteiger partial charge in [-0.15, -0.1) is 0 Å². The molecule has 4 nitrogen and oxygen atoms in total. The summed E-state index contributed by atoms with van der Waals surface area (Å²) in [5.74, 6) is -0.840. The van der Waals surface area contributed by atoms with Crippen molar-refractivity contribution in [2.75, 3.05) is 26.2 Å². The second kappa shape index (κ2) is 9.58. The molecule has 0 aliphatic carbocycles. The number of carbonyl (C=O) groups is 1. The highest BCUT2D eigenvalue weighted by Crippen LogP contribution is 2.28. The van der Waals surface area contributed by atoms with Gasteiger partial charge >= 0.3 is 5.97 Å². The van der Waals surface area contributed by atoms with Crippen LogP contribution < -0.4 is 0 Å². The highest BCUT2D eigenvalue weighted by atomic mass is 35.5. The van der Waals surface area contributed by atoms with E-state index in [1.165, 1.54) is 0 Å². The standard InChI is InChI=1S/C23H24ClNO3/c1-17-6-2-3-10-21(17)22(18-7-4-9-20(24)14-18)16-28-13-12-25-11-5-8-19(15-25)23(26)27/h2-4,6-10,14,16H,5,11-13,15H2,1H3,(H,26,27)/b22-16-. The number of carboxylic acids is 1. The van der Waals surface area contributed by atoms with E-state index in [4.69, 9.17) is 21.4 Å². The fraction of sp³-hybridized carbons (Fsp3) is 0.261. The lowest BCUT2D eigenvalue weighted by Gasteiger charge is -2.25. The van der Waals surface area contributed by atoms with Crippen molar-refractivity contribution in [3.05, 3.63) is 88.2 Å². The highest BCUT2D eigenvalue weighted by Gasteiger charge is 2.17. The van der Waals surface area contributed by atoms with E-state index in [9.17, 15) is 4.79 Å². The Labute approximate surface area is 170 Å². The molecule has 3 rings (SSSR count). The van der Waals surface area contributed by atoms with E-state index in [-0.39, 0.29) is 0 Å². The smallest absolute Gasteiger partial charge is 0.332 e. The van der Waals surface area contributed by atoms with Crippen molar-refractivity contribution in [3.63, 3.8) is 0 Å². The fourth-order valence-electron chi connectivity index (χ4n) is 3.29. The summed E-state index contributed by atoms with van der Waals surface area (Å²) < 4.78 is 5.88. The molecule has 1 aliphatic rings.